The Morgan fingerprint density at radius 2 is 1.69 bits per heavy atom. The van der Waals surface area contributed by atoms with Gasteiger partial charge in [-0.1, -0.05) is 67.6 Å². The molecule has 0 spiro atoms. The van der Waals surface area contributed by atoms with Gasteiger partial charge in [0.05, 0.1) is 25.9 Å². The van der Waals surface area contributed by atoms with Gasteiger partial charge in [0, 0.05) is 18.0 Å². The van der Waals surface area contributed by atoms with Crippen molar-refractivity contribution in [1.82, 2.24) is 5.32 Å². The first-order valence-electron chi connectivity index (χ1n) is 11.4. The van der Waals surface area contributed by atoms with Crippen LogP contribution in [0.5, 0.6) is 0 Å². The largest absolute Gasteiger partial charge is 0.394 e. The Bertz CT molecular complexity index is 800. The van der Waals surface area contributed by atoms with Crippen LogP contribution < -0.4 is 5.32 Å². The van der Waals surface area contributed by atoms with Gasteiger partial charge in [-0.25, -0.2) is 0 Å². The third-order valence-electron chi connectivity index (χ3n) is 6.14. The Hall–Kier alpha value is -1.80. The highest BCUT2D eigenvalue weighted by Crippen LogP contribution is 2.31. The van der Waals surface area contributed by atoms with Crippen LogP contribution >= 0.6 is 0 Å². The van der Waals surface area contributed by atoms with Gasteiger partial charge in [0.1, 0.15) is 12.2 Å². The standard InChI is InChI=1S/C26H37NO5/c1-18(22(29)15-28)24(27-19(2)21-13-9-6-10-14-21)25(23-17-31-26(3,4)32-23)30-16-20-11-7-5-8-12-20/h5-14,18-19,22-25,27-29H,15-17H2,1-4H3/t18-,19+,22?,23-,24+,25+/m0/s1. The molecule has 1 fully saturated rings. The number of aliphatic hydroxyl groups is 2. The van der Waals surface area contributed by atoms with E-state index in [-0.39, 0.29) is 30.7 Å². The van der Waals surface area contributed by atoms with Gasteiger partial charge in [-0.3, -0.25) is 0 Å². The van der Waals surface area contributed by atoms with Crippen molar-refractivity contribution in [2.45, 2.75) is 70.5 Å². The van der Waals surface area contributed by atoms with Crippen molar-refractivity contribution >= 4 is 0 Å². The summed E-state index contributed by atoms with van der Waals surface area (Å²) >= 11 is 0. The Balaban J connectivity index is 1.87. The number of ether oxygens (including phenoxy) is 3. The van der Waals surface area contributed by atoms with Gasteiger partial charge in [0.15, 0.2) is 5.79 Å². The van der Waals surface area contributed by atoms with Crippen LogP contribution in [0.1, 0.15) is 44.9 Å². The van der Waals surface area contributed by atoms with Crippen LogP contribution in [0.3, 0.4) is 0 Å². The number of benzene rings is 2. The van der Waals surface area contributed by atoms with Gasteiger partial charge >= 0.3 is 0 Å². The lowest BCUT2D eigenvalue weighted by atomic mass is 9.88. The summed E-state index contributed by atoms with van der Waals surface area (Å²) in [7, 11) is 0. The van der Waals surface area contributed by atoms with Crippen LogP contribution in [-0.4, -0.2) is 53.6 Å². The Labute approximate surface area is 191 Å². The normalized spacial score (nSPS) is 22.8. The highest BCUT2D eigenvalue weighted by molar-refractivity contribution is 5.19. The van der Waals surface area contributed by atoms with Crippen molar-refractivity contribution in [2.24, 2.45) is 5.92 Å². The average molecular weight is 444 g/mol. The molecule has 0 amide bonds. The molecule has 1 saturated heterocycles. The monoisotopic (exact) mass is 443 g/mol. The minimum Gasteiger partial charge on any atom is -0.394 e. The summed E-state index contributed by atoms with van der Waals surface area (Å²) in [6.45, 7) is 8.28. The fraction of sp³-hybridized carbons (Fsp3) is 0.538. The minimum absolute atomic E-state index is 0.00713. The summed E-state index contributed by atoms with van der Waals surface area (Å²) in [6, 6.07) is 19.8. The lowest BCUT2D eigenvalue weighted by Gasteiger charge is -2.38. The maximum atomic E-state index is 10.5. The van der Waals surface area contributed by atoms with Crippen LogP contribution in [0.4, 0.5) is 0 Å². The molecule has 1 unspecified atom stereocenters. The van der Waals surface area contributed by atoms with Crippen molar-refractivity contribution < 1.29 is 24.4 Å². The SMILES string of the molecule is C[C@@H](N[C@@H]([C@H](OCc1ccccc1)[C@@H]1COC(C)(C)O1)[C@@H](C)C(O)CO)c1ccccc1. The number of rotatable bonds is 11. The van der Waals surface area contributed by atoms with Gasteiger partial charge in [0.2, 0.25) is 0 Å². The van der Waals surface area contributed by atoms with Gasteiger partial charge in [-0.15, -0.1) is 0 Å². The predicted molar refractivity (Wildman–Crippen MR) is 124 cm³/mol. The molecule has 1 aliphatic rings. The summed E-state index contributed by atoms with van der Waals surface area (Å²) in [5, 5.41) is 23.9. The summed E-state index contributed by atoms with van der Waals surface area (Å²) in [4.78, 5) is 0. The molecular weight excluding hydrogens is 406 g/mol. The highest BCUT2D eigenvalue weighted by atomic mass is 16.7. The smallest absolute Gasteiger partial charge is 0.163 e. The van der Waals surface area contributed by atoms with E-state index in [0.29, 0.717) is 13.2 Å². The molecule has 0 aliphatic carbocycles. The highest BCUT2D eigenvalue weighted by Gasteiger charge is 2.44. The van der Waals surface area contributed by atoms with Crippen LogP contribution in [0.15, 0.2) is 60.7 Å². The molecule has 6 heteroatoms. The zero-order valence-electron chi connectivity index (χ0n) is 19.5. The van der Waals surface area contributed by atoms with Crippen molar-refractivity contribution in [3.8, 4) is 0 Å². The van der Waals surface area contributed by atoms with Gasteiger partial charge in [-0.2, -0.15) is 0 Å². The molecule has 176 valence electrons. The molecule has 6 nitrogen and oxygen atoms in total. The van der Waals surface area contributed by atoms with Gasteiger partial charge in [0.25, 0.3) is 0 Å². The zero-order chi connectivity index (χ0) is 23.1. The van der Waals surface area contributed by atoms with Crippen LogP contribution in [-0.2, 0) is 20.8 Å². The summed E-state index contributed by atoms with van der Waals surface area (Å²) < 4.78 is 18.5. The molecule has 3 N–H and O–H groups in total. The fourth-order valence-corrected chi connectivity index (χ4v) is 4.16. The second-order valence-electron chi connectivity index (χ2n) is 9.06. The Morgan fingerprint density at radius 1 is 1.06 bits per heavy atom. The third kappa shape index (κ3) is 6.61. The van der Waals surface area contributed by atoms with Crippen molar-refractivity contribution in [2.75, 3.05) is 13.2 Å². The lowest BCUT2D eigenvalue weighted by Crippen LogP contribution is -2.55. The molecule has 2 aromatic carbocycles. The number of hydrogen-bond donors (Lipinski definition) is 3. The first-order chi connectivity index (χ1) is 15.3. The van der Waals surface area contributed by atoms with Crippen LogP contribution in [0.25, 0.3) is 0 Å². The van der Waals surface area contributed by atoms with Crippen molar-refractivity contribution in [3.05, 3.63) is 71.8 Å². The Morgan fingerprint density at radius 3 is 2.25 bits per heavy atom. The second kappa shape index (κ2) is 11.4. The first kappa shape index (κ1) is 24.8. The van der Waals surface area contributed by atoms with Crippen LogP contribution in [0, 0.1) is 5.92 Å². The molecule has 2 aromatic rings. The van der Waals surface area contributed by atoms with E-state index >= 15 is 0 Å². The summed E-state index contributed by atoms with van der Waals surface area (Å²) in [5.41, 5.74) is 2.19. The van der Waals surface area contributed by atoms with E-state index < -0.39 is 18.0 Å². The van der Waals surface area contributed by atoms with Crippen LogP contribution in [0.2, 0.25) is 0 Å². The number of aliphatic hydroxyl groups excluding tert-OH is 2. The van der Waals surface area contributed by atoms with Gasteiger partial charge < -0.3 is 29.7 Å². The molecule has 1 aliphatic heterocycles. The topological polar surface area (TPSA) is 80.2 Å². The van der Waals surface area contributed by atoms with E-state index in [0.717, 1.165) is 11.1 Å². The molecule has 0 aromatic heterocycles. The number of hydrogen-bond acceptors (Lipinski definition) is 6. The van der Waals surface area contributed by atoms with Crippen molar-refractivity contribution in [3.63, 3.8) is 0 Å². The van der Waals surface area contributed by atoms with E-state index in [2.05, 4.69) is 24.4 Å². The van der Waals surface area contributed by atoms with E-state index in [9.17, 15) is 10.2 Å². The molecule has 0 bridgehead atoms. The molecule has 32 heavy (non-hydrogen) atoms. The maximum absolute atomic E-state index is 10.5. The first-order valence-corrected chi connectivity index (χ1v) is 11.4. The Kier molecular flexibility index (Phi) is 8.82. The second-order valence-corrected chi connectivity index (χ2v) is 9.06. The van der Waals surface area contributed by atoms with E-state index in [1.54, 1.807) is 0 Å². The van der Waals surface area contributed by atoms with Gasteiger partial charge in [-0.05, 0) is 31.9 Å². The quantitative estimate of drug-likeness (QED) is 0.494. The number of nitrogens with one attached hydrogen (secondary N) is 1. The molecule has 6 atom stereocenters. The fourth-order valence-electron chi connectivity index (χ4n) is 4.16. The van der Waals surface area contributed by atoms with Crippen molar-refractivity contribution in [1.29, 1.82) is 0 Å². The summed E-state index contributed by atoms with van der Waals surface area (Å²) in [5.74, 6) is -0.993. The third-order valence-corrected chi connectivity index (χ3v) is 6.14. The predicted octanol–water partition coefficient (Wildman–Crippen LogP) is 3.43. The minimum atomic E-state index is -0.895. The summed E-state index contributed by atoms with van der Waals surface area (Å²) in [6.07, 6.45) is -1.62. The maximum Gasteiger partial charge on any atom is 0.163 e. The molecule has 3 rings (SSSR count). The average Bonchev–Trinajstić information content (AvgIpc) is 3.17. The van der Waals surface area contributed by atoms with E-state index in [1.807, 2.05) is 69.3 Å². The van der Waals surface area contributed by atoms with E-state index in [1.165, 1.54) is 0 Å². The molecule has 1 heterocycles. The molecule has 0 saturated carbocycles. The van der Waals surface area contributed by atoms with E-state index in [4.69, 9.17) is 14.2 Å². The molecule has 0 radical (unpaired) electrons. The lowest BCUT2D eigenvalue weighted by molar-refractivity contribution is -0.165. The molecular formula is C26H37NO5. The zero-order valence-corrected chi connectivity index (χ0v) is 19.5.